The molecule has 23 heavy (non-hydrogen) atoms. The molecule has 0 bridgehead atoms. The van der Waals surface area contributed by atoms with Crippen molar-refractivity contribution < 1.29 is 13.2 Å². The quantitative estimate of drug-likeness (QED) is 0.509. The van der Waals surface area contributed by atoms with E-state index < -0.39 is 11.7 Å². The predicted octanol–water partition coefficient (Wildman–Crippen LogP) is 3.58. The summed E-state index contributed by atoms with van der Waals surface area (Å²) < 4.78 is 38.4. The van der Waals surface area contributed by atoms with Crippen LogP contribution in [0.5, 0.6) is 0 Å². The van der Waals surface area contributed by atoms with Crippen molar-refractivity contribution in [3.63, 3.8) is 0 Å². The van der Waals surface area contributed by atoms with Crippen molar-refractivity contribution in [2.75, 3.05) is 17.6 Å². The molecule has 120 valence electrons. The molecule has 0 aliphatic carbocycles. The van der Waals surface area contributed by atoms with E-state index in [1.807, 2.05) is 0 Å². The number of alkyl halides is 3. The minimum absolute atomic E-state index is 0.0513. The van der Waals surface area contributed by atoms with Crippen LogP contribution >= 0.6 is 11.6 Å². The summed E-state index contributed by atoms with van der Waals surface area (Å²) in [7, 11) is 0. The molecule has 0 fully saturated rings. The SMILES string of the molecule is Nc1c(Cl)ncnc1NCCC#Cc1ccccc1C(F)(F)F. The predicted molar refractivity (Wildman–Crippen MR) is 82.9 cm³/mol. The highest BCUT2D eigenvalue weighted by Gasteiger charge is 2.32. The number of halogens is 4. The number of nitrogen functional groups attached to an aromatic ring is 1. The van der Waals surface area contributed by atoms with Crippen molar-refractivity contribution in [3.8, 4) is 11.8 Å². The lowest BCUT2D eigenvalue weighted by Gasteiger charge is -2.08. The summed E-state index contributed by atoms with van der Waals surface area (Å²) in [6, 6.07) is 5.19. The minimum Gasteiger partial charge on any atom is -0.393 e. The van der Waals surface area contributed by atoms with Gasteiger partial charge < -0.3 is 11.1 Å². The molecule has 4 nitrogen and oxygen atoms in total. The standard InChI is InChI=1S/C15H12ClF3N4/c16-13-12(20)14(23-9-22-13)21-8-4-3-6-10-5-1-2-7-11(10)15(17,18)19/h1-2,5,7,9H,4,8,20H2,(H,21,22,23). The smallest absolute Gasteiger partial charge is 0.393 e. The Balaban J connectivity index is 1.99. The molecule has 0 radical (unpaired) electrons. The second-order valence-corrected chi connectivity index (χ2v) is 4.81. The Bertz CT molecular complexity index is 750. The first-order valence-electron chi connectivity index (χ1n) is 6.54. The number of hydrogen-bond acceptors (Lipinski definition) is 4. The third-order valence-electron chi connectivity index (χ3n) is 2.83. The van der Waals surface area contributed by atoms with Crippen LogP contribution < -0.4 is 11.1 Å². The lowest BCUT2D eigenvalue weighted by Crippen LogP contribution is -2.07. The van der Waals surface area contributed by atoms with E-state index in [4.69, 9.17) is 17.3 Å². The van der Waals surface area contributed by atoms with Gasteiger partial charge in [-0.3, -0.25) is 0 Å². The Morgan fingerprint density at radius 2 is 1.96 bits per heavy atom. The molecule has 1 heterocycles. The summed E-state index contributed by atoms with van der Waals surface area (Å²) in [6.45, 7) is 0.360. The molecular weight excluding hydrogens is 329 g/mol. The van der Waals surface area contributed by atoms with E-state index in [1.54, 1.807) is 0 Å². The molecule has 0 saturated carbocycles. The highest BCUT2D eigenvalue weighted by Crippen LogP contribution is 2.31. The zero-order valence-electron chi connectivity index (χ0n) is 11.8. The van der Waals surface area contributed by atoms with Crippen LogP contribution in [0.4, 0.5) is 24.7 Å². The van der Waals surface area contributed by atoms with Crippen molar-refractivity contribution in [2.45, 2.75) is 12.6 Å². The molecule has 0 unspecified atom stereocenters. The Kier molecular flexibility index (Phi) is 5.29. The highest BCUT2D eigenvalue weighted by atomic mass is 35.5. The van der Waals surface area contributed by atoms with Crippen LogP contribution in [-0.2, 0) is 6.18 Å². The van der Waals surface area contributed by atoms with Crippen LogP contribution in [0.3, 0.4) is 0 Å². The van der Waals surface area contributed by atoms with Crippen molar-refractivity contribution in [1.29, 1.82) is 0 Å². The molecule has 3 N–H and O–H groups in total. The van der Waals surface area contributed by atoms with Gasteiger partial charge in [0, 0.05) is 18.5 Å². The third-order valence-corrected chi connectivity index (χ3v) is 3.13. The Morgan fingerprint density at radius 3 is 2.70 bits per heavy atom. The second kappa shape index (κ2) is 7.20. The molecule has 0 spiro atoms. The number of nitrogens with two attached hydrogens (primary N) is 1. The van der Waals surface area contributed by atoms with Crippen LogP contribution in [0.25, 0.3) is 0 Å². The third kappa shape index (κ3) is 4.50. The fourth-order valence-electron chi connectivity index (χ4n) is 1.76. The summed E-state index contributed by atoms with van der Waals surface area (Å²) in [5.74, 6) is 5.58. The molecule has 1 aromatic carbocycles. The first-order valence-corrected chi connectivity index (χ1v) is 6.92. The Hall–Kier alpha value is -2.46. The van der Waals surface area contributed by atoms with Gasteiger partial charge in [-0.1, -0.05) is 35.6 Å². The first-order chi connectivity index (χ1) is 10.9. The molecule has 0 aliphatic heterocycles. The molecule has 0 amide bonds. The zero-order chi connectivity index (χ0) is 16.9. The van der Waals surface area contributed by atoms with Gasteiger partial charge in [0.05, 0.1) is 5.56 Å². The van der Waals surface area contributed by atoms with Crippen molar-refractivity contribution in [3.05, 3.63) is 46.9 Å². The summed E-state index contributed by atoms with van der Waals surface area (Å²) in [4.78, 5) is 7.62. The van der Waals surface area contributed by atoms with Crippen LogP contribution in [0.15, 0.2) is 30.6 Å². The van der Waals surface area contributed by atoms with Gasteiger partial charge in [0.25, 0.3) is 0 Å². The van der Waals surface area contributed by atoms with Gasteiger partial charge in [-0.2, -0.15) is 13.2 Å². The monoisotopic (exact) mass is 340 g/mol. The number of anilines is 2. The molecule has 0 aliphatic rings. The maximum absolute atomic E-state index is 12.8. The number of nitrogens with one attached hydrogen (secondary N) is 1. The molecular formula is C15H12ClF3N4. The highest BCUT2D eigenvalue weighted by molar-refractivity contribution is 6.32. The van der Waals surface area contributed by atoms with Crippen LogP contribution in [-0.4, -0.2) is 16.5 Å². The molecule has 0 atom stereocenters. The summed E-state index contributed by atoms with van der Waals surface area (Å²) >= 11 is 5.74. The van der Waals surface area contributed by atoms with E-state index in [-0.39, 0.29) is 16.4 Å². The Labute approximate surface area is 135 Å². The molecule has 0 saturated heterocycles. The van der Waals surface area contributed by atoms with E-state index in [0.29, 0.717) is 18.8 Å². The van der Waals surface area contributed by atoms with Crippen LogP contribution in [0.1, 0.15) is 17.5 Å². The summed E-state index contributed by atoms with van der Waals surface area (Å²) in [5, 5.41) is 3.03. The number of hydrogen-bond donors (Lipinski definition) is 2. The van der Waals surface area contributed by atoms with Crippen molar-refractivity contribution in [1.82, 2.24) is 9.97 Å². The summed E-state index contributed by atoms with van der Waals surface area (Å²) in [6.07, 6.45) is -2.85. The number of benzene rings is 1. The molecule has 2 aromatic rings. The fraction of sp³-hybridized carbons (Fsp3) is 0.200. The lowest BCUT2D eigenvalue weighted by molar-refractivity contribution is -0.137. The van der Waals surface area contributed by atoms with Gasteiger partial charge in [-0.05, 0) is 12.1 Å². The topological polar surface area (TPSA) is 63.8 Å². The number of aromatic nitrogens is 2. The van der Waals surface area contributed by atoms with Crippen LogP contribution in [0, 0.1) is 11.8 Å². The van der Waals surface area contributed by atoms with E-state index in [9.17, 15) is 13.2 Å². The van der Waals surface area contributed by atoms with E-state index >= 15 is 0 Å². The van der Waals surface area contributed by atoms with Gasteiger partial charge in [0.2, 0.25) is 0 Å². The number of nitrogens with zero attached hydrogens (tertiary/aromatic N) is 2. The maximum atomic E-state index is 12.8. The average molecular weight is 341 g/mol. The van der Waals surface area contributed by atoms with E-state index in [0.717, 1.165) is 6.07 Å². The molecule has 2 rings (SSSR count). The van der Waals surface area contributed by atoms with Crippen molar-refractivity contribution in [2.24, 2.45) is 0 Å². The normalized spacial score (nSPS) is 10.8. The second-order valence-electron chi connectivity index (χ2n) is 4.45. The molecule has 8 heteroatoms. The molecule has 1 aromatic heterocycles. The summed E-state index contributed by atoms with van der Waals surface area (Å²) in [5.41, 5.74) is 5.09. The first kappa shape index (κ1) is 16.9. The zero-order valence-corrected chi connectivity index (χ0v) is 12.5. The van der Waals surface area contributed by atoms with Gasteiger partial charge in [-0.15, -0.1) is 0 Å². The minimum atomic E-state index is -4.42. The van der Waals surface area contributed by atoms with E-state index in [2.05, 4.69) is 27.1 Å². The van der Waals surface area contributed by atoms with E-state index in [1.165, 1.54) is 24.5 Å². The average Bonchev–Trinajstić information content (AvgIpc) is 2.50. The van der Waals surface area contributed by atoms with Gasteiger partial charge in [0.15, 0.2) is 11.0 Å². The van der Waals surface area contributed by atoms with Gasteiger partial charge in [0.1, 0.15) is 12.0 Å². The van der Waals surface area contributed by atoms with Crippen LogP contribution in [0.2, 0.25) is 5.15 Å². The largest absolute Gasteiger partial charge is 0.417 e. The van der Waals surface area contributed by atoms with Gasteiger partial charge >= 0.3 is 6.18 Å². The maximum Gasteiger partial charge on any atom is 0.417 e. The number of rotatable bonds is 3. The van der Waals surface area contributed by atoms with Crippen molar-refractivity contribution >= 4 is 23.1 Å². The lowest BCUT2D eigenvalue weighted by atomic mass is 10.1. The fourth-order valence-corrected chi connectivity index (χ4v) is 1.89. The van der Waals surface area contributed by atoms with Gasteiger partial charge in [-0.25, -0.2) is 9.97 Å². The Morgan fingerprint density at radius 1 is 1.22 bits per heavy atom.